The van der Waals surface area contributed by atoms with Gasteiger partial charge in [-0.1, -0.05) is 19.3 Å². The number of nitrogens with two attached hydrogens (primary N) is 1. The SMILES string of the molecule is COc1ccc(OC)c(CCC(=O)NC(CN)C2CCCCC2)c1. The van der Waals surface area contributed by atoms with Crippen molar-refractivity contribution < 1.29 is 14.3 Å². The Morgan fingerprint density at radius 3 is 2.62 bits per heavy atom. The van der Waals surface area contributed by atoms with E-state index in [2.05, 4.69) is 5.32 Å². The Kier molecular flexibility index (Phi) is 7.37. The van der Waals surface area contributed by atoms with Crippen LogP contribution in [0, 0.1) is 5.92 Å². The molecule has 0 spiro atoms. The number of hydrogen-bond donors (Lipinski definition) is 2. The summed E-state index contributed by atoms with van der Waals surface area (Å²) in [6.45, 7) is 0.513. The van der Waals surface area contributed by atoms with Crippen LogP contribution >= 0.6 is 0 Å². The first-order chi connectivity index (χ1) is 11.7. The molecule has 5 heteroatoms. The van der Waals surface area contributed by atoms with Gasteiger partial charge in [-0.25, -0.2) is 0 Å². The average Bonchev–Trinajstić information content (AvgIpc) is 2.64. The lowest BCUT2D eigenvalue weighted by atomic mass is 9.84. The first-order valence-electron chi connectivity index (χ1n) is 8.88. The monoisotopic (exact) mass is 334 g/mol. The maximum absolute atomic E-state index is 12.3. The highest BCUT2D eigenvalue weighted by atomic mass is 16.5. The molecule has 134 valence electrons. The Bertz CT molecular complexity index is 527. The van der Waals surface area contributed by atoms with Crippen molar-refractivity contribution in [2.45, 2.75) is 51.0 Å². The number of aryl methyl sites for hydroxylation is 1. The third-order valence-corrected chi connectivity index (χ3v) is 4.93. The minimum Gasteiger partial charge on any atom is -0.497 e. The predicted molar refractivity (Wildman–Crippen MR) is 95.4 cm³/mol. The molecule has 1 fully saturated rings. The molecule has 2 rings (SSSR count). The van der Waals surface area contributed by atoms with Gasteiger partial charge >= 0.3 is 0 Å². The fourth-order valence-electron chi connectivity index (χ4n) is 3.51. The number of amides is 1. The Balaban J connectivity index is 1.90. The topological polar surface area (TPSA) is 73.6 Å². The number of benzene rings is 1. The van der Waals surface area contributed by atoms with Crippen LogP contribution in [-0.2, 0) is 11.2 Å². The molecule has 1 aromatic rings. The van der Waals surface area contributed by atoms with E-state index in [9.17, 15) is 4.79 Å². The minimum atomic E-state index is 0.0564. The van der Waals surface area contributed by atoms with Gasteiger partial charge in [0, 0.05) is 19.0 Å². The van der Waals surface area contributed by atoms with E-state index in [0.717, 1.165) is 17.1 Å². The summed E-state index contributed by atoms with van der Waals surface area (Å²) in [5.74, 6) is 2.14. The van der Waals surface area contributed by atoms with Crippen molar-refractivity contribution in [1.82, 2.24) is 5.32 Å². The van der Waals surface area contributed by atoms with E-state index in [0.29, 0.717) is 25.3 Å². The molecule has 1 aliphatic rings. The Morgan fingerprint density at radius 1 is 1.25 bits per heavy atom. The summed E-state index contributed by atoms with van der Waals surface area (Å²) >= 11 is 0. The van der Waals surface area contributed by atoms with Crippen LogP contribution < -0.4 is 20.5 Å². The molecule has 0 heterocycles. The summed E-state index contributed by atoms with van der Waals surface area (Å²) < 4.78 is 10.6. The molecule has 1 atom stereocenters. The second-order valence-electron chi connectivity index (χ2n) is 6.49. The van der Waals surface area contributed by atoms with Crippen molar-refractivity contribution in [2.75, 3.05) is 20.8 Å². The lowest BCUT2D eigenvalue weighted by Crippen LogP contribution is -2.46. The lowest BCUT2D eigenvalue weighted by Gasteiger charge is -2.30. The summed E-state index contributed by atoms with van der Waals surface area (Å²) in [6, 6.07) is 5.76. The molecule has 0 aliphatic heterocycles. The zero-order valence-electron chi connectivity index (χ0n) is 14.8. The molecule has 5 nitrogen and oxygen atoms in total. The summed E-state index contributed by atoms with van der Waals surface area (Å²) in [5.41, 5.74) is 6.87. The van der Waals surface area contributed by atoms with Crippen LogP contribution in [-0.4, -0.2) is 32.7 Å². The van der Waals surface area contributed by atoms with Crippen LogP contribution in [0.4, 0.5) is 0 Å². The third-order valence-electron chi connectivity index (χ3n) is 4.93. The van der Waals surface area contributed by atoms with E-state index in [1.54, 1.807) is 14.2 Å². The Labute approximate surface area is 144 Å². The smallest absolute Gasteiger partial charge is 0.220 e. The molecule has 24 heavy (non-hydrogen) atoms. The Morgan fingerprint density at radius 2 is 2.00 bits per heavy atom. The van der Waals surface area contributed by atoms with Crippen LogP contribution in [0.15, 0.2) is 18.2 Å². The highest BCUT2D eigenvalue weighted by Crippen LogP contribution is 2.27. The number of rotatable bonds is 8. The molecular weight excluding hydrogens is 304 g/mol. The molecule has 3 N–H and O–H groups in total. The van der Waals surface area contributed by atoms with Gasteiger partial charge < -0.3 is 20.5 Å². The van der Waals surface area contributed by atoms with Crippen molar-refractivity contribution >= 4 is 5.91 Å². The molecule has 1 saturated carbocycles. The van der Waals surface area contributed by atoms with E-state index in [4.69, 9.17) is 15.2 Å². The maximum atomic E-state index is 12.3. The first kappa shape index (κ1) is 18.6. The van der Waals surface area contributed by atoms with Gasteiger partial charge in [-0.05, 0) is 48.9 Å². The molecule has 0 radical (unpaired) electrons. The predicted octanol–water partition coefficient (Wildman–Crippen LogP) is 2.66. The van der Waals surface area contributed by atoms with Crippen molar-refractivity contribution in [3.05, 3.63) is 23.8 Å². The van der Waals surface area contributed by atoms with E-state index in [1.165, 1.54) is 32.1 Å². The first-order valence-corrected chi connectivity index (χ1v) is 8.88. The third kappa shape index (κ3) is 5.13. The van der Waals surface area contributed by atoms with Gasteiger partial charge in [0.15, 0.2) is 0 Å². The fourth-order valence-corrected chi connectivity index (χ4v) is 3.51. The van der Waals surface area contributed by atoms with Crippen LogP contribution in [0.1, 0.15) is 44.1 Å². The van der Waals surface area contributed by atoms with Crippen LogP contribution in [0.25, 0.3) is 0 Å². The minimum absolute atomic E-state index is 0.0564. The lowest BCUT2D eigenvalue weighted by molar-refractivity contribution is -0.122. The molecule has 0 bridgehead atoms. The highest BCUT2D eigenvalue weighted by molar-refractivity contribution is 5.76. The zero-order chi connectivity index (χ0) is 17.4. The van der Waals surface area contributed by atoms with Crippen LogP contribution in [0.5, 0.6) is 11.5 Å². The normalized spacial score (nSPS) is 16.5. The number of nitrogens with one attached hydrogen (secondary N) is 1. The number of methoxy groups -OCH3 is 2. The summed E-state index contributed by atoms with van der Waals surface area (Å²) in [7, 11) is 3.27. The average molecular weight is 334 g/mol. The maximum Gasteiger partial charge on any atom is 0.220 e. The number of hydrogen-bond acceptors (Lipinski definition) is 4. The number of carbonyl (C=O) groups excluding carboxylic acids is 1. The van der Waals surface area contributed by atoms with E-state index >= 15 is 0 Å². The van der Waals surface area contributed by atoms with Gasteiger partial charge in [0.2, 0.25) is 5.91 Å². The summed E-state index contributed by atoms with van der Waals surface area (Å²) in [4.78, 5) is 12.3. The molecule has 1 aliphatic carbocycles. The summed E-state index contributed by atoms with van der Waals surface area (Å²) in [6.07, 6.45) is 7.19. The van der Waals surface area contributed by atoms with Crippen LogP contribution in [0.2, 0.25) is 0 Å². The van der Waals surface area contributed by atoms with E-state index < -0.39 is 0 Å². The summed E-state index contributed by atoms with van der Waals surface area (Å²) in [5, 5.41) is 3.14. The fraction of sp³-hybridized carbons (Fsp3) is 0.632. The molecule has 1 unspecified atom stereocenters. The highest BCUT2D eigenvalue weighted by Gasteiger charge is 2.23. The molecular formula is C19H30N2O3. The molecule has 1 aromatic carbocycles. The largest absolute Gasteiger partial charge is 0.497 e. The van der Waals surface area contributed by atoms with Gasteiger partial charge in [0.05, 0.1) is 14.2 Å². The van der Waals surface area contributed by atoms with E-state index in [-0.39, 0.29) is 11.9 Å². The van der Waals surface area contributed by atoms with Gasteiger partial charge in [-0.3, -0.25) is 4.79 Å². The van der Waals surface area contributed by atoms with E-state index in [1.807, 2.05) is 18.2 Å². The number of ether oxygens (including phenoxy) is 2. The van der Waals surface area contributed by atoms with Crippen molar-refractivity contribution in [3.63, 3.8) is 0 Å². The second kappa shape index (κ2) is 9.52. The van der Waals surface area contributed by atoms with Gasteiger partial charge in [0.25, 0.3) is 0 Å². The van der Waals surface area contributed by atoms with Crippen molar-refractivity contribution in [1.29, 1.82) is 0 Å². The molecule has 1 amide bonds. The number of carbonyl (C=O) groups is 1. The standard InChI is InChI=1S/C19H30N2O3/c1-23-16-9-10-18(24-2)15(12-16)8-11-19(22)21-17(13-20)14-6-4-3-5-7-14/h9-10,12,14,17H,3-8,11,13,20H2,1-2H3,(H,21,22). The molecule has 0 aromatic heterocycles. The van der Waals surface area contributed by atoms with Gasteiger partial charge in [-0.2, -0.15) is 0 Å². The van der Waals surface area contributed by atoms with Crippen molar-refractivity contribution in [2.24, 2.45) is 11.7 Å². The second-order valence-corrected chi connectivity index (χ2v) is 6.49. The quantitative estimate of drug-likeness (QED) is 0.766. The van der Waals surface area contributed by atoms with Crippen LogP contribution in [0.3, 0.4) is 0 Å². The van der Waals surface area contributed by atoms with Gasteiger partial charge in [-0.15, -0.1) is 0 Å². The van der Waals surface area contributed by atoms with Gasteiger partial charge in [0.1, 0.15) is 11.5 Å². The zero-order valence-corrected chi connectivity index (χ0v) is 14.8. The Hall–Kier alpha value is -1.75. The van der Waals surface area contributed by atoms with Crippen molar-refractivity contribution in [3.8, 4) is 11.5 Å². The molecule has 0 saturated heterocycles.